The van der Waals surface area contributed by atoms with E-state index < -0.39 is 32.5 Å². The van der Waals surface area contributed by atoms with E-state index in [4.69, 9.17) is 18.5 Å². The van der Waals surface area contributed by atoms with Gasteiger partial charge < -0.3 is 27.9 Å². The molecule has 0 aromatic heterocycles. The molecule has 0 heterocycles. The largest absolute Gasteiger partial charge is 0.756 e. The Morgan fingerprint density at radius 3 is 2.08 bits per heavy atom. The Hall–Kier alpha value is -1.51. The molecule has 0 saturated heterocycles. The number of nitrogens with zero attached hydrogens (tertiary/aromatic N) is 1. The van der Waals surface area contributed by atoms with Crippen molar-refractivity contribution in [1.29, 1.82) is 0 Å². The molecule has 2 unspecified atom stereocenters. The van der Waals surface area contributed by atoms with Gasteiger partial charge in [-0.15, -0.1) is 0 Å². The zero-order valence-electron chi connectivity index (χ0n) is 24.4. The van der Waals surface area contributed by atoms with Crippen molar-refractivity contribution in [2.75, 3.05) is 47.5 Å². The Bertz CT molecular complexity index is 733. The van der Waals surface area contributed by atoms with Gasteiger partial charge in [0.2, 0.25) is 0 Å². The van der Waals surface area contributed by atoms with Gasteiger partial charge in [0.1, 0.15) is 19.8 Å². The first-order chi connectivity index (χ1) is 17.9. The molecule has 0 aromatic rings. The van der Waals surface area contributed by atoms with Crippen LogP contribution in [0, 0.1) is 0 Å². The first-order valence-corrected chi connectivity index (χ1v) is 15.4. The molecule has 2 atom stereocenters. The van der Waals surface area contributed by atoms with Crippen molar-refractivity contribution >= 4 is 19.8 Å². The van der Waals surface area contributed by atoms with Gasteiger partial charge in [0.15, 0.2) is 6.10 Å². The van der Waals surface area contributed by atoms with Crippen LogP contribution in [0.5, 0.6) is 0 Å². The summed E-state index contributed by atoms with van der Waals surface area (Å²) in [6.45, 7) is 3.09. The second-order valence-corrected chi connectivity index (χ2v) is 11.9. The molecular formula is C28H52NO8P. The summed E-state index contributed by atoms with van der Waals surface area (Å²) in [5.41, 5.74) is 0. The molecule has 0 aliphatic rings. The molecule has 0 fully saturated rings. The zero-order valence-corrected chi connectivity index (χ0v) is 25.3. The average Bonchev–Trinajstić information content (AvgIpc) is 2.82. The lowest BCUT2D eigenvalue weighted by Gasteiger charge is -2.28. The number of quaternary nitrogens is 1. The van der Waals surface area contributed by atoms with Crippen molar-refractivity contribution in [1.82, 2.24) is 0 Å². The molecule has 0 spiro atoms. The first-order valence-electron chi connectivity index (χ1n) is 14.0. The van der Waals surface area contributed by atoms with Crippen LogP contribution in [0.25, 0.3) is 0 Å². The van der Waals surface area contributed by atoms with E-state index in [0.29, 0.717) is 17.4 Å². The Kier molecular flexibility index (Phi) is 21.4. The van der Waals surface area contributed by atoms with Gasteiger partial charge in [0.05, 0.1) is 27.7 Å². The van der Waals surface area contributed by atoms with Crippen LogP contribution in [0.4, 0.5) is 0 Å². The van der Waals surface area contributed by atoms with E-state index in [-0.39, 0.29) is 19.6 Å². The quantitative estimate of drug-likeness (QED) is 0.0501. The number of hydrogen-bond acceptors (Lipinski definition) is 8. The summed E-state index contributed by atoms with van der Waals surface area (Å²) in [4.78, 5) is 35.4. The second kappa shape index (κ2) is 22.3. The van der Waals surface area contributed by atoms with Crippen LogP contribution >= 0.6 is 7.82 Å². The number of ether oxygens (including phenoxy) is 2. The fourth-order valence-corrected chi connectivity index (χ4v) is 4.02. The lowest BCUT2D eigenvalue weighted by atomic mass is 10.1. The molecular weight excluding hydrogens is 509 g/mol. The Balaban J connectivity index is 4.11. The van der Waals surface area contributed by atoms with Crippen LogP contribution in [0.3, 0.4) is 0 Å². The SMILES string of the molecule is CCCCC/C=C\C/C=C\CCCCCCCC(=O)OC(COC(C)=O)COP(=O)([O-])OCC[N+](C)(C)C. The van der Waals surface area contributed by atoms with E-state index in [2.05, 4.69) is 31.2 Å². The van der Waals surface area contributed by atoms with Crippen molar-refractivity contribution in [3.8, 4) is 0 Å². The minimum Gasteiger partial charge on any atom is -0.756 e. The van der Waals surface area contributed by atoms with Gasteiger partial charge in [-0.25, -0.2) is 0 Å². The summed E-state index contributed by atoms with van der Waals surface area (Å²) in [5.74, 6) is -1.05. The van der Waals surface area contributed by atoms with Gasteiger partial charge in [-0.2, -0.15) is 0 Å². The number of likely N-dealkylation sites (N-methyl/N-ethyl adjacent to an activating group) is 1. The molecule has 0 aliphatic carbocycles. The number of allylic oxidation sites excluding steroid dienone is 4. The monoisotopic (exact) mass is 561 g/mol. The van der Waals surface area contributed by atoms with Crippen LogP contribution in [0.15, 0.2) is 24.3 Å². The molecule has 222 valence electrons. The lowest BCUT2D eigenvalue weighted by Crippen LogP contribution is -2.37. The van der Waals surface area contributed by atoms with Crippen molar-refractivity contribution in [2.24, 2.45) is 0 Å². The lowest BCUT2D eigenvalue weighted by molar-refractivity contribution is -0.870. The molecule has 10 heteroatoms. The maximum Gasteiger partial charge on any atom is 0.306 e. The third-order valence-corrected chi connectivity index (χ3v) is 6.50. The third-order valence-electron chi connectivity index (χ3n) is 5.53. The number of carbonyl (C=O) groups is 2. The maximum absolute atomic E-state index is 12.2. The molecule has 9 nitrogen and oxygen atoms in total. The smallest absolute Gasteiger partial charge is 0.306 e. The zero-order chi connectivity index (χ0) is 28.7. The van der Waals surface area contributed by atoms with Gasteiger partial charge in [-0.05, 0) is 38.5 Å². The number of hydrogen-bond donors (Lipinski definition) is 0. The second-order valence-electron chi connectivity index (χ2n) is 10.5. The van der Waals surface area contributed by atoms with E-state index in [9.17, 15) is 19.0 Å². The Morgan fingerprint density at radius 2 is 1.47 bits per heavy atom. The fraction of sp³-hybridized carbons (Fsp3) is 0.786. The third kappa shape index (κ3) is 26.1. The van der Waals surface area contributed by atoms with Crippen LogP contribution in [-0.2, 0) is 32.7 Å². The fourth-order valence-electron chi connectivity index (χ4n) is 3.29. The molecule has 0 bridgehead atoms. The number of phosphoric ester groups is 1. The van der Waals surface area contributed by atoms with E-state index in [1.165, 1.54) is 32.6 Å². The van der Waals surface area contributed by atoms with Crippen LogP contribution in [-0.4, -0.2) is 70.0 Å². The summed E-state index contributed by atoms with van der Waals surface area (Å²) in [7, 11) is 1.14. The van der Waals surface area contributed by atoms with Crippen molar-refractivity contribution in [3.63, 3.8) is 0 Å². The summed E-state index contributed by atoms with van der Waals surface area (Å²) in [5, 5.41) is 0. The van der Waals surface area contributed by atoms with E-state index in [1.807, 2.05) is 21.1 Å². The van der Waals surface area contributed by atoms with Gasteiger partial charge in [0, 0.05) is 13.3 Å². The highest BCUT2D eigenvalue weighted by Crippen LogP contribution is 2.38. The summed E-state index contributed by atoms with van der Waals surface area (Å²) in [6, 6.07) is 0. The van der Waals surface area contributed by atoms with Crippen molar-refractivity contribution in [3.05, 3.63) is 24.3 Å². The molecule has 0 amide bonds. The topological polar surface area (TPSA) is 111 Å². The first kappa shape index (κ1) is 36.5. The number of unbranched alkanes of at least 4 members (excludes halogenated alkanes) is 8. The van der Waals surface area contributed by atoms with Gasteiger partial charge in [0.25, 0.3) is 7.82 Å². The standard InChI is InChI=1S/C28H52NO8P/c1-6-7-8-9-10-11-12-13-14-15-16-17-18-19-20-21-28(31)37-27(24-34-26(2)30)25-36-38(32,33)35-23-22-29(3,4)5/h10-11,13-14,27H,6-9,12,15-25H2,1-5H3/b11-10-,14-13-. The van der Waals surface area contributed by atoms with Crippen LogP contribution in [0.2, 0.25) is 0 Å². The van der Waals surface area contributed by atoms with E-state index in [0.717, 1.165) is 38.5 Å². The molecule has 0 saturated carbocycles. The molecule has 0 rings (SSSR count). The van der Waals surface area contributed by atoms with Gasteiger partial charge >= 0.3 is 11.9 Å². The minimum absolute atomic E-state index is 0.0362. The van der Waals surface area contributed by atoms with Gasteiger partial charge in [-0.1, -0.05) is 63.3 Å². The molecule has 0 N–H and O–H groups in total. The molecule has 0 aliphatic heterocycles. The Morgan fingerprint density at radius 1 is 0.868 bits per heavy atom. The van der Waals surface area contributed by atoms with Crippen molar-refractivity contribution in [2.45, 2.75) is 97.0 Å². The average molecular weight is 562 g/mol. The molecule has 38 heavy (non-hydrogen) atoms. The number of rotatable bonds is 24. The van der Waals surface area contributed by atoms with Gasteiger partial charge in [-0.3, -0.25) is 14.2 Å². The summed E-state index contributed by atoms with van der Waals surface area (Å²) >= 11 is 0. The maximum atomic E-state index is 12.2. The molecule has 0 aromatic carbocycles. The minimum atomic E-state index is -4.58. The number of phosphoric acid groups is 1. The highest BCUT2D eigenvalue weighted by molar-refractivity contribution is 7.45. The summed E-state index contributed by atoms with van der Waals surface area (Å²) < 4.78 is 32.4. The van der Waals surface area contributed by atoms with E-state index in [1.54, 1.807) is 0 Å². The highest BCUT2D eigenvalue weighted by Gasteiger charge is 2.21. The van der Waals surface area contributed by atoms with Crippen LogP contribution < -0.4 is 4.89 Å². The number of esters is 2. The number of carbonyl (C=O) groups excluding carboxylic acids is 2. The normalized spacial score (nSPS) is 14.6. The Labute approximate surface area is 230 Å². The predicted molar refractivity (Wildman–Crippen MR) is 148 cm³/mol. The van der Waals surface area contributed by atoms with Crippen LogP contribution in [0.1, 0.15) is 90.9 Å². The summed E-state index contributed by atoms with van der Waals surface area (Å²) in [6.07, 6.45) is 20.0. The predicted octanol–water partition coefficient (Wildman–Crippen LogP) is 5.48. The highest BCUT2D eigenvalue weighted by atomic mass is 31.2. The van der Waals surface area contributed by atoms with Crippen molar-refractivity contribution < 1.29 is 42.1 Å². The van der Waals surface area contributed by atoms with E-state index >= 15 is 0 Å². The molecule has 0 radical (unpaired) electrons.